The zero-order valence-electron chi connectivity index (χ0n) is 10.8. The molecule has 3 rings (SSSR count). The summed E-state index contributed by atoms with van der Waals surface area (Å²) in [5, 5.41) is 23.0. The summed E-state index contributed by atoms with van der Waals surface area (Å²) in [6.45, 7) is 0.429. The van der Waals surface area contributed by atoms with Crippen molar-refractivity contribution in [3.63, 3.8) is 0 Å². The number of fused-ring (bicyclic) bond motifs is 1. The molecule has 3 heterocycles. The van der Waals surface area contributed by atoms with Crippen LogP contribution in [0.25, 0.3) is 11.2 Å². The number of imidazole rings is 1. The van der Waals surface area contributed by atoms with Crippen molar-refractivity contribution in [2.24, 2.45) is 0 Å². The topological polar surface area (TPSA) is 131 Å². The number of nitrogens with one attached hydrogen (secondary N) is 1. The highest BCUT2D eigenvalue weighted by Crippen LogP contribution is 2.31. The second-order valence-corrected chi connectivity index (χ2v) is 4.69. The zero-order chi connectivity index (χ0) is 14.3. The average Bonchev–Trinajstić information content (AvgIpc) is 2.97. The molecule has 0 aromatic carbocycles. The lowest BCUT2D eigenvalue weighted by atomic mass is 10.1. The first-order chi connectivity index (χ1) is 9.63. The molecule has 9 heteroatoms. The second-order valence-electron chi connectivity index (χ2n) is 4.69. The second kappa shape index (κ2) is 4.94. The van der Waals surface area contributed by atoms with Crippen LogP contribution >= 0.6 is 0 Å². The van der Waals surface area contributed by atoms with E-state index in [1.54, 1.807) is 11.6 Å². The molecule has 1 fully saturated rings. The van der Waals surface area contributed by atoms with Gasteiger partial charge in [-0.15, -0.1) is 0 Å². The van der Waals surface area contributed by atoms with Gasteiger partial charge in [0.2, 0.25) is 0 Å². The van der Waals surface area contributed by atoms with Crippen molar-refractivity contribution in [1.82, 2.24) is 24.8 Å². The molecule has 0 amide bonds. The van der Waals surface area contributed by atoms with Crippen LogP contribution in [0.3, 0.4) is 0 Å². The van der Waals surface area contributed by atoms with E-state index >= 15 is 0 Å². The first-order valence-electron chi connectivity index (χ1n) is 6.22. The van der Waals surface area contributed by atoms with Gasteiger partial charge >= 0.3 is 0 Å². The van der Waals surface area contributed by atoms with Crippen LogP contribution in [-0.2, 0) is 4.74 Å². The number of aliphatic hydroxyl groups excluding tert-OH is 2. The minimum Gasteiger partial charge on any atom is -0.387 e. The molecule has 5 N–H and O–H groups in total. The fourth-order valence-electron chi connectivity index (χ4n) is 2.39. The fraction of sp³-hybridized carbons (Fsp3) is 0.545. The van der Waals surface area contributed by atoms with E-state index in [1.165, 1.54) is 12.7 Å². The number of ether oxygens (including phenoxy) is 1. The number of likely N-dealkylation sites (N-methyl/N-ethyl adjacent to an activating group) is 1. The Hall–Kier alpha value is -1.81. The average molecular weight is 280 g/mol. The summed E-state index contributed by atoms with van der Waals surface area (Å²) in [4.78, 5) is 12.1. The SMILES string of the molecule is CNCC1O[C@@H](n2cnc3c(N)ncnc32)C(O)[C@@H]1O. The van der Waals surface area contributed by atoms with Crippen molar-refractivity contribution in [2.75, 3.05) is 19.3 Å². The number of rotatable bonds is 3. The van der Waals surface area contributed by atoms with E-state index in [9.17, 15) is 10.2 Å². The van der Waals surface area contributed by atoms with E-state index in [4.69, 9.17) is 10.5 Å². The lowest BCUT2D eigenvalue weighted by Crippen LogP contribution is -2.36. The van der Waals surface area contributed by atoms with Gasteiger partial charge in [0.25, 0.3) is 0 Å². The van der Waals surface area contributed by atoms with Crippen LogP contribution in [0.2, 0.25) is 0 Å². The Kier molecular flexibility index (Phi) is 3.26. The van der Waals surface area contributed by atoms with E-state index in [0.29, 0.717) is 17.7 Å². The van der Waals surface area contributed by atoms with Gasteiger partial charge in [-0.2, -0.15) is 0 Å². The van der Waals surface area contributed by atoms with Crippen molar-refractivity contribution in [3.05, 3.63) is 12.7 Å². The molecule has 20 heavy (non-hydrogen) atoms. The molecule has 1 aliphatic rings. The summed E-state index contributed by atoms with van der Waals surface area (Å²) in [5.74, 6) is 0.258. The van der Waals surface area contributed by atoms with Crippen molar-refractivity contribution in [2.45, 2.75) is 24.5 Å². The van der Waals surface area contributed by atoms with Crippen molar-refractivity contribution in [3.8, 4) is 0 Å². The summed E-state index contributed by atoms with van der Waals surface area (Å²) < 4.78 is 7.23. The van der Waals surface area contributed by atoms with Gasteiger partial charge in [0.05, 0.1) is 6.33 Å². The maximum atomic E-state index is 10.1. The van der Waals surface area contributed by atoms with Gasteiger partial charge in [-0.05, 0) is 7.05 Å². The van der Waals surface area contributed by atoms with Crippen LogP contribution in [0, 0.1) is 0 Å². The van der Waals surface area contributed by atoms with Crippen LogP contribution in [0.4, 0.5) is 5.82 Å². The molecule has 0 aliphatic carbocycles. The largest absolute Gasteiger partial charge is 0.387 e. The molecule has 0 radical (unpaired) electrons. The number of aliphatic hydroxyl groups is 2. The van der Waals surface area contributed by atoms with E-state index < -0.39 is 24.5 Å². The van der Waals surface area contributed by atoms with Gasteiger partial charge in [-0.3, -0.25) is 4.57 Å². The smallest absolute Gasteiger partial charge is 0.167 e. The quantitative estimate of drug-likeness (QED) is 0.520. The molecule has 2 unspecified atom stereocenters. The van der Waals surface area contributed by atoms with Gasteiger partial charge in [0.15, 0.2) is 17.7 Å². The van der Waals surface area contributed by atoms with Crippen LogP contribution in [0.1, 0.15) is 6.23 Å². The third-order valence-corrected chi connectivity index (χ3v) is 3.40. The van der Waals surface area contributed by atoms with Crippen LogP contribution < -0.4 is 11.1 Å². The number of nitrogen functional groups attached to an aromatic ring is 1. The third-order valence-electron chi connectivity index (χ3n) is 3.40. The highest BCUT2D eigenvalue weighted by molar-refractivity contribution is 5.81. The fourth-order valence-corrected chi connectivity index (χ4v) is 2.39. The standard InChI is InChI=1S/C11H16N6O3/c1-13-2-5-7(18)8(19)11(20-5)17-4-16-6-9(12)14-3-15-10(6)17/h3-5,7-8,11,13,18-19H,2H2,1H3,(H2,12,14,15)/t5?,7-,8?,11-/m1/s1. The van der Waals surface area contributed by atoms with Gasteiger partial charge < -0.3 is 26.0 Å². The number of nitrogens with zero attached hydrogens (tertiary/aromatic N) is 4. The van der Waals surface area contributed by atoms with E-state index in [0.717, 1.165) is 0 Å². The van der Waals surface area contributed by atoms with Crippen molar-refractivity contribution in [1.29, 1.82) is 0 Å². The Labute approximate surface area is 114 Å². The van der Waals surface area contributed by atoms with Crippen LogP contribution in [-0.4, -0.2) is 61.6 Å². The number of aromatic nitrogens is 4. The number of hydrogen-bond acceptors (Lipinski definition) is 8. The summed E-state index contributed by atoms with van der Waals surface area (Å²) in [6, 6.07) is 0. The molecule has 0 bridgehead atoms. The number of hydrogen-bond donors (Lipinski definition) is 4. The summed E-state index contributed by atoms with van der Waals surface area (Å²) in [6.07, 6.45) is -0.526. The van der Waals surface area contributed by atoms with Crippen molar-refractivity contribution >= 4 is 17.0 Å². The normalized spacial score (nSPS) is 30.1. The van der Waals surface area contributed by atoms with Gasteiger partial charge in [0.1, 0.15) is 30.2 Å². The lowest BCUT2D eigenvalue weighted by Gasteiger charge is -2.16. The Morgan fingerprint density at radius 1 is 1.35 bits per heavy atom. The predicted octanol–water partition coefficient (Wildman–Crippen LogP) is -1.75. The van der Waals surface area contributed by atoms with Gasteiger partial charge in [-0.25, -0.2) is 15.0 Å². The summed E-state index contributed by atoms with van der Waals surface area (Å²) in [5.41, 5.74) is 6.61. The number of nitrogens with two attached hydrogens (primary N) is 1. The molecule has 108 valence electrons. The molecule has 4 atom stereocenters. The molecule has 1 saturated heterocycles. The van der Waals surface area contributed by atoms with Gasteiger partial charge in [-0.1, -0.05) is 0 Å². The highest BCUT2D eigenvalue weighted by atomic mass is 16.6. The highest BCUT2D eigenvalue weighted by Gasteiger charge is 2.43. The molecule has 0 saturated carbocycles. The van der Waals surface area contributed by atoms with E-state index in [1.807, 2.05) is 0 Å². The van der Waals surface area contributed by atoms with E-state index in [2.05, 4.69) is 20.3 Å². The monoisotopic (exact) mass is 280 g/mol. The Bertz CT molecular complexity index is 617. The summed E-state index contributed by atoms with van der Waals surface area (Å²) >= 11 is 0. The minimum absolute atomic E-state index is 0.258. The Morgan fingerprint density at radius 3 is 2.90 bits per heavy atom. The van der Waals surface area contributed by atoms with E-state index in [-0.39, 0.29) is 5.82 Å². The van der Waals surface area contributed by atoms with Crippen LogP contribution in [0.15, 0.2) is 12.7 Å². The zero-order valence-corrected chi connectivity index (χ0v) is 10.8. The summed E-state index contributed by atoms with van der Waals surface area (Å²) in [7, 11) is 1.75. The molecule has 2 aromatic rings. The third kappa shape index (κ3) is 1.91. The van der Waals surface area contributed by atoms with Crippen LogP contribution in [0.5, 0.6) is 0 Å². The molecule has 2 aromatic heterocycles. The molecular weight excluding hydrogens is 264 g/mol. The maximum Gasteiger partial charge on any atom is 0.167 e. The molecule has 0 spiro atoms. The van der Waals surface area contributed by atoms with Crippen molar-refractivity contribution < 1.29 is 14.9 Å². The first-order valence-corrected chi connectivity index (χ1v) is 6.22. The number of anilines is 1. The molecule has 1 aliphatic heterocycles. The molecule has 9 nitrogen and oxygen atoms in total. The lowest BCUT2D eigenvalue weighted by molar-refractivity contribution is -0.0337. The Balaban J connectivity index is 1.97. The molecular formula is C11H16N6O3. The maximum absolute atomic E-state index is 10.1. The predicted molar refractivity (Wildman–Crippen MR) is 69.6 cm³/mol. The van der Waals surface area contributed by atoms with Gasteiger partial charge in [0, 0.05) is 6.54 Å². The minimum atomic E-state index is -1.07. The first kappa shape index (κ1) is 13.2. The Morgan fingerprint density at radius 2 is 2.15 bits per heavy atom.